The Morgan fingerprint density at radius 2 is 1.94 bits per heavy atom. The van der Waals surface area contributed by atoms with Crippen LogP contribution < -0.4 is 14.8 Å². The zero-order valence-corrected chi connectivity index (χ0v) is 18.8. The van der Waals surface area contributed by atoms with Crippen LogP contribution in [0.15, 0.2) is 36.9 Å². The summed E-state index contributed by atoms with van der Waals surface area (Å²) in [5.74, 6) is 1.38. The highest BCUT2D eigenvalue weighted by Crippen LogP contribution is 2.28. The fraction of sp³-hybridized carbons (Fsp3) is 0.625. The average molecular weight is 431 g/mol. The number of rotatable bonds is 12. The van der Waals surface area contributed by atoms with E-state index in [2.05, 4.69) is 19.8 Å². The number of aromatic nitrogens is 2. The lowest BCUT2D eigenvalue weighted by molar-refractivity contribution is 0.0645. The van der Waals surface area contributed by atoms with Crippen LogP contribution in [0.3, 0.4) is 0 Å². The van der Waals surface area contributed by atoms with Crippen LogP contribution in [0.5, 0.6) is 11.5 Å². The molecule has 7 nitrogen and oxygen atoms in total. The Bertz CT molecular complexity index is 730. The van der Waals surface area contributed by atoms with Gasteiger partial charge in [-0.1, -0.05) is 25.3 Å². The normalized spacial score (nSPS) is 16.5. The lowest BCUT2D eigenvalue weighted by Crippen LogP contribution is -2.37. The van der Waals surface area contributed by atoms with Crippen LogP contribution in [-0.2, 0) is 13.1 Å². The van der Waals surface area contributed by atoms with Crippen molar-refractivity contribution >= 4 is 0 Å². The van der Waals surface area contributed by atoms with Crippen molar-refractivity contribution in [2.24, 2.45) is 0 Å². The average Bonchev–Trinajstić information content (AvgIpc) is 3.27. The van der Waals surface area contributed by atoms with E-state index in [1.807, 2.05) is 30.7 Å². The van der Waals surface area contributed by atoms with Gasteiger partial charge in [0.05, 0.1) is 13.4 Å². The molecule has 0 amide bonds. The summed E-state index contributed by atoms with van der Waals surface area (Å²) >= 11 is 0. The Balaban J connectivity index is 1.39. The van der Waals surface area contributed by atoms with Crippen LogP contribution >= 0.6 is 0 Å². The van der Waals surface area contributed by atoms with Gasteiger partial charge in [0.15, 0.2) is 11.5 Å². The Morgan fingerprint density at radius 3 is 2.68 bits per heavy atom. The Labute approximate surface area is 186 Å². The second kappa shape index (κ2) is 13.3. The first-order valence-electron chi connectivity index (χ1n) is 11.6. The molecule has 1 saturated heterocycles. The number of methoxy groups -OCH3 is 1. The Morgan fingerprint density at radius 1 is 1.13 bits per heavy atom. The van der Waals surface area contributed by atoms with E-state index in [9.17, 15) is 5.11 Å². The molecular weight excluding hydrogens is 392 g/mol. The largest absolute Gasteiger partial charge is 0.493 e. The van der Waals surface area contributed by atoms with Crippen LogP contribution in [0.2, 0.25) is 0 Å². The summed E-state index contributed by atoms with van der Waals surface area (Å²) in [4.78, 5) is 6.42. The van der Waals surface area contributed by atoms with Gasteiger partial charge in [0.1, 0.15) is 12.7 Å². The number of β-amino-alcohol motifs (C(OH)–C–C–N with tert-alkyl or cyclic N) is 1. The number of hydrogen-bond acceptors (Lipinski definition) is 6. The Kier molecular flexibility index (Phi) is 10.2. The molecule has 1 aliphatic heterocycles. The lowest BCUT2D eigenvalue weighted by Gasteiger charge is -2.26. The molecule has 1 unspecified atom stereocenters. The van der Waals surface area contributed by atoms with E-state index in [4.69, 9.17) is 9.47 Å². The molecule has 7 heteroatoms. The summed E-state index contributed by atoms with van der Waals surface area (Å²) in [5, 5.41) is 13.9. The van der Waals surface area contributed by atoms with Crippen molar-refractivity contribution in [3.8, 4) is 11.5 Å². The summed E-state index contributed by atoms with van der Waals surface area (Å²) in [5.41, 5.74) is 1.15. The second-order valence-corrected chi connectivity index (χ2v) is 8.35. The van der Waals surface area contributed by atoms with Gasteiger partial charge < -0.3 is 29.4 Å². The number of hydrogen-bond donors (Lipinski definition) is 2. The summed E-state index contributed by atoms with van der Waals surface area (Å²) < 4.78 is 13.5. The second-order valence-electron chi connectivity index (χ2n) is 8.35. The molecular formula is C24H38N4O3. The molecule has 1 aromatic heterocycles. The topological polar surface area (TPSA) is 71.8 Å². The highest BCUT2D eigenvalue weighted by atomic mass is 16.5. The third-order valence-electron chi connectivity index (χ3n) is 5.74. The molecule has 0 saturated carbocycles. The molecule has 0 radical (unpaired) electrons. The first-order valence-corrected chi connectivity index (χ1v) is 11.6. The molecule has 0 spiro atoms. The number of nitrogens with zero attached hydrogens (tertiary/aromatic N) is 3. The van der Waals surface area contributed by atoms with Gasteiger partial charge in [0, 0.05) is 32.0 Å². The van der Waals surface area contributed by atoms with Crippen molar-refractivity contribution < 1.29 is 14.6 Å². The quantitative estimate of drug-likeness (QED) is 0.504. The molecule has 3 rings (SSSR count). The van der Waals surface area contributed by atoms with Gasteiger partial charge in [-0.15, -0.1) is 0 Å². The maximum absolute atomic E-state index is 10.5. The van der Waals surface area contributed by atoms with Crippen LogP contribution in [0.4, 0.5) is 0 Å². The van der Waals surface area contributed by atoms with Gasteiger partial charge in [0.2, 0.25) is 0 Å². The molecule has 1 aromatic carbocycles. The first-order chi connectivity index (χ1) is 15.2. The van der Waals surface area contributed by atoms with Crippen molar-refractivity contribution in [1.29, 1.82) is 0 Å². The predicted molar refractivity (Wildman–Crippen MR) is 123 cm³/mol. The first kappa shape index (κ1) is 23.6. The monoisotopic (exact) mass is 430 g/mol. The smallest absolute Gasteiger partial charge is 0.161 e. The van der Waals surface area contributed by atoms with Crippen LogP contribution in [0.1, 0.15) is 44.1 Å². The molecule has 0 bridgehead atoms. The molecule has 1 atom stereocenters. The van der Waals surface area contributed by atoms with Gasteiger partial charge in [-0.05, 0) is 56.6 Å². The molecule has 1 aliphatic rings. The minimum Gasteiger partial charge on any atom is -0.493 e. The van der Waals surface area contributed by atoms with Crippen LogP contribution in [-0.4, -0.2) is 65.6 Å². The zero-order valence-electron chi connectivity index (χ0n) is 18.8. The van der Waals surface area contributed by atoms with Crippen LogP contribution in [0.25, 0.3) is 0 Å². The van der Waals surface area contributed by atoms with Crippen molar-refractivity contribution in [2.45, 2.75) is 57.7 Å². The molecule has 0 aliphatic carbocycles. The molecule has 1 fully saturated rings. The van der Waals surface area contributed by atoms with E-state index in [0.717, 1.165) is 44.7 Å². The van der Waals surface area contributed by atoms with Crippen LogP contribution in [0, 0.1) is 0 Å². The van der Waals surface area contributed by atoms with Gasteiger partial charge in [-0.25, -0.2) is 4.98 Å². The van der Waals surface area contributed by atoms with Crippen molar-refractivity contribution in [3.63, 3.8) is 0 Å². The van der Waals surface area contributed by atoms with E-state index in [-0.39, 0.29) is 6.61 Å². The highest BCUT2D eigenvalue weighted by Gasteiger charge is 2.15. The standard InChI is InChI=1S/C24H38N4O3/c1-30-24-16-21(17-25-10-7-14-28-15-11-26-20-28)8-9-23(24)31-19-22(29)18-27-12-5-3-2-4-6-13-27/h8-9,11,15-16,20,22,25,29H,2-7,10,12-14,17-19H2,1H3. The highest BCUT2D eigenvalue weighted by molar-refractivity contribution is 5.43. The van der Waals surface area contributed by atoms with Gasteiger partial charge in [-0.2, -0.15) is 0 Å². The summed E-state index contributed by atoms with van der Waals surface area (Å²) in [7, 11) is 1.65. The van der Waals surface area contributed by atoms with Crippen molar-refractivity contribution in [3.05, 3.63) is 42.5 Å². The molecule has 31 heavy (non-hydrogen) atoms. The number of ether oxygens (including phenoxy) is 2. The fourth-order valence-corrected chi connectivity index (χ4v) is 4.01. The summed E-state index contributed by atoms with van der Waals surface area (Å²) in [6.45, 7) is 5.76. The SMILES string of the molecule is COc1cc(CNCCCn2ccnc2)ccc1OCC(O)CN1CCCCCCC1. The van der Waals surface area contributed by atoms with Gasteiger partial charge in [-0.3, -0.25) is 0 Å². The van der Waals surface area contributed by atoms with E-state index < -0.39 is 6.10 Å². The molecule has 172 valence electrons. The number of aryl methyl sites for hydroxylation is 1. The Hall–Kier alpha value is -2.09. The van der Waals surface area contributed by atoms with E-state index >= 15 is 0 Å². The van der Waals surface area contributed by atoms with E-state index in [0.29, 0.717) is 18.0 Å². The zero-order chi connectivity index (χ0) is 21.7. The predicted octanol–water partition coefficient (Wildman–Crippen LogP) is 3.08. The minimum absolute atomic E-state index is 0.276. The number of aliphatic hydroxyl groups excluding tert-OH is 1. The summed E-state index contributed by atoms with van der Waals surface area (Å²) in [6.07, 6.45) is 12.6. The summed E-state index contributed by atoms with van der Waals surface area (Å²) in [6, 6.07) is 5.98. The molecule has 2 aromatic rings. The molecule has 2 N–H and O–H groups in total. The number of likely N-dealkylation sites (tertiary alicyclic amines) is 1. The van der Waals surface area contributed by atoms with Gasteiger partial charge >= 0.3 is 0 Å². The van der Waals surface area contributed by atoms with E-state index in [1.54, 1.807) is 13.3 Å². The lowest BCUT2D eigenvalue weighted by atomic mass is 10.1. The molecule has 2 heterocycles. The maximum Gasteiger partial charge on any atom is 0.161 e. The number of nitrogens with one attached hydrogen (secondary N) is 1. The maximum atomic E-state index is 10.5. The third-order valence-corrected chi connectivity index (χ3v) is 5.74. The minimum atomic E-state index is -0.499. The number of benzene rings is 1. The number of aliphatic hydroxyl groups is 1. The van der Waals surface area contributed by atoms with Gasteiger partial charge in [0.25, 0.3) is 0 Å². The van der Waals surface area contributed by atoms with E-state index in [1.165, 1.54) is 32.1 Å². The third kappa shape index (κ3) is 8.51. The van der Waals surface area contributed by atoms with Crippen molar-refractivity contribution in [2.75, 3.05) is 39.9 Å². The van der Waals surface area contributed by atoms with Crippen molar-refractivity contribution in [1.82, 2.24) is 19.8 Å². The fourth-order valence-electron chi connectivity index (χ4n) is 4.01. The number of imidazole rings is 1.